The SMILES string of the molecule is Nc1ccc(Oc2ccc3scnc3c2[N+](=O)[O-])cc1. The van der Waals surface area contributed by atoms with E-state index in [0.29, 0.717) is 17.0 Å². The molecule has 0 aliphatic heterocycles. The first-order valence-electron chi connectivity index (χ1n) is 5.69. The highest BCUT2D eigenvalue weighted by atomic mass is 32.1. The molecule has 100 valence electrons. The molecule has 2 aromatic carbocycles. The van der Waals surface area contributed by atoms with Crippen LogP contribution in [0.3, 0.4) is 0 Å². The van der Waals surface area contributed by atoms with Gasteiger partial charge in [-0.25, -0.2) is 4.98 Å². The summed E-state index contributed by atoms with van der Waals surface area (Å²) in [6.45, 7) is 0. The average molecular weight is 287 g/mol. The Labute approximate surface area is 117 Å². The first-order chi connectivity index (χ1) is 9.65. The molecule has 0 aliphatic carbocycles. The predicted octanol–water partition coefficient (Wildman–Crippen LogP) is 3.58. The average Bonchev–Trinajstić information content (AvgIpc) is 2.89. The number of fused-ring (bicyclic) bond motifs is 1. The minimum Gasteiger partial charge on any atom is -0.450 e. The Bertz CT molecular complexity index is 783. The smallest absolute Gasteiger partial charge is 0.338 e. The van der Waals surface area contributed by atoms with E-state index >= 15 is 0 Å². The Hall–Kier alpha value is -2.67. The Morgan fingerprint density at radius 2 is 1.95 bits per heavy atom. The summed E-state index contributed by atoms with van der Waals surface area (Å²) in [4.78, 5) is 14.8. The van der Waals surface area contributed by atoms with Gasteiger partial charge in [-0.05, 0) is 36.4 Å². The summed E-state index contributed by atoms with van der Waals surface area (Å²) in [6.07, 6.45) is 0. The van der Waals surface area contributed by atoms with E-state index in [1.54, 1.807) is 41.9 Å². The number of nitrogens with two attached hydrogens (primary N) is 1. The fraction of sp³-hybridized carbons (Fsp3) is 0. The maximum absolute atomic E-state index is 11.2. The molecule has 0 bridgehead atoms. The summed E-state index contributed by atoms with van der Waals surface area (Å²) >= 11 is 1.35. The third-order valence-corrected chi connectivity index (χ3v) is 3.52. The van der Waals surface area contributed by atoms with E-state index in [9.17, 15) is 10.1 Å². The second kappa shape index (κ2) is 4.78. The predicted molar refractivity (Wildman–Crippen MR) is 77.2 cm³/mol. The van der Waals surface area contributed by atoms with Crippen molar-refractivity contribution in [2.24, 2.45) is 0 Å². The third kappa shape index (κ3) is 2.14. The van der Waals surface area contributed by atoms with Crippen molar-refractivity contribution in [3.05, 3.63) is 52.0 Å². The standard InChI is InChI=1S/C13H9N3O3S/c14-8-1-3-9(4-2-8)19-10-5-6-11-12(15-7-20-11)13(10)16(17)18/h1-7H,14H2. The number of hydrogen-bond acceptors (Lipinski definition) is 6. The molecule has 0 aliphatic rings. The molecule has 0 fully saturated rings. The number of thiazole rings is 1. The lowest BCUT2D eigenvalue weighted by Crippen LogP contribution is -1.95. The van der Waals surface area contributed by atoms with Crippen molar-refractivity contribution in [3.63, 3.8) is 0 Å². The largest absolute Gasteiger partial charge is 0.450 e. The van der Waals surface area contributed by atoms with E-state index in [1.807, 2.05) is 0 Å². The maximum atomic E-state index is 11.2. The highest BCUT2D eigenvalue weighted by molar-refractivity contribution is 7.16. The summed E-state index contributed by atoms with van der Waals surface area (Å²) < 4.78 is 6.32. The minimum atomic E-state index is -0.477. The number of nitro benzene ring substituents is 1. The van der Waals surface area contributed by atoms with Gasteiger partial charge in [0.05, 0.1) is 15.1 Å². The van der Waals surface area contributed by atoms with Crippen molar-refractivity contribution in [2.75, 3.05) is 5.73 Å². The number of hydrogen-bond donors (Lipinski definition) is 1. The van der Waals surface area contributed by atoms with E-state index in [1.165, 1.54) is 11.3 Å². The van der Waals surface area contributed by atoms with Crippen LogP contribution in [0.2, 0.25) is 0 Å². The molecule has 0 saturated carbocycles. The highest BCUT2D eigenvalue weighted by Crippen LogP contribution is 2.38. The third-order valence-electron chi connectivity index (χ3n) is 2.73. The Morgan fingerprint density at radius 3 is 2.65 bits per heavy atom. The summed E-state index contributed by atoms with van der Waals surface area (Å²) in [6, 6.07) is 9.99. The van der Waals surface area contributed by atoms with Crippen LogP contribution < -0.4 is 10.5 Å². The van der Waals surface area contributed by atoms with Gasteiger partial charge in [-0.3, -0.25) is 10.1 Å². The lowest BCUT2D eigenvalue weighted by Gasteiger charge is -2.06. The van der Waals surface area contributed by atoms with Gasteiger partial charge in [-0.1, -0.05) is 0 Å². The van der Waals surface area contributed by atoms with Gasteiger partial charge >= 0.3 is 5.69 Å². The van der Waals surface area contributed by atoms with Crippen LogP contribution in [-0.2, 0) is 0 Å². The molecule has 0 amide bonds. The number of aromatic nitrogens is 1. The Balaban J connectivity index is 2.08. The van der Waals surface area contributed by atoms with Gasteiger partial charge in [0.2, 0.25) is 5.75 Å². The van der Waals surface area contributed by atoms with Gasteiger partial charge < -0.3 is 10.5 Å². The maximum Gasteiger partial charge on any atom is 0.338 e. The van der Waals surface area contributed by atoms with E-state index < -0.39 is 4.92 Å². The van der Waals surface area contributed by atoms with Gasteiger partial charge in [-0.15, -0.1) is 11.3 Å². The molecular formula is C13H9N3O3S. The molecule has 6 nitrogen and oxygen atoms in total. The van der Waals surface area contributed by atoms with Crippen molar-refractivity contribution < 1.29 is 9.66 Å². The molecule has 1 heterocycles. The lowest BCUT2D eigenvalue weighted by atomic mass is 10.2. The van der Waals surface area contributed by atoms with E-state index in [0.717, 1.165) is 4.70 Å². The molecule has 0 unspecified atom stereocenters. The van der Waals surface area contributed by atoms with Crippen molar-refractivity contribution in [2.45, 2.75) is 0 Å². The van der Waals surface area contributed by atoms with Gasteiger partial charge in [0.1, 0.15) is 5.75 Å². The molecule has 0 radical (unpaired) electrons. The molecule has 3 rings (SSSR count). The number of nitrogens with zero attached hydrogens (tertiary/aromatic N) is 2. The number of benzene rings is 2. The van der Waals surface area contributed by atoms with Crippen LogP contribution in [0.4, 0.5) is 11.4 Å². The van der Waals surface area contributed by atoms with Crippen molar-refractivity contribution in [3.8, 4) is 11.5 Å². The molecular weight excluding hydrogens is 278 g/mol. The van der Waals surface area contributed by atoms with E-state index in [2.05, 4.69) is 4.98 Å². The fourth-order valence-electron chi connectivity index (χ4n) is 1.82. The number of nitrogen functional groups attached to an aromatic ring is 1. The fourth-order valence-corrected chi connectivity index (χ4v) is 2.50. The summed E-state index contributed by atoms with van der Waals surface area (Å²) in [5.41, 5.74) is 7.98. The van der Waals surface area contributed by atoms with Crippen LogP contribution in [0.15, 0.2) is 41.9 Å². The van der Waals surface area contributed by atoms with Crippen LogP contribution in [-0.4, -0.2) is 9.91 Å². The van der Waals surface area contributed by atoms with E-state index in [-0.39, 0.29) is 11.4 Å². The zero-order chi connectivity index (χ0) is 14.1. The lowest BCUT2D eigenvalue weighted by molar-refractivity contribution is -0.384. The summed E-state index contributed by atoms with van der Waals surface area (Å²) in [5.74, 6) is 0.648. The molecule has 0 saturated heterocycles. The van der Waals surface area contributed by atoms with Crippen molar-refractivity contribution in [1.29, 1.82) is 0 Å². The Kier molecular flexibility index (Phi) is 2.96. The summed E-state index contributed by atoms with van der Waals surface area (Å²) in [7, 11) is 0. The Morgan fingerprint density at radius 1 is 1.20 bits per heavy atom. The molecule has 0 atom stereocenters. The number of anilines is 1. The van der Waals surface area contributed by atoms with Gasteiger partial charge in [0, 0.05) is 5.69 Å². The monoisotopic (exact) mass is 287 g/mol. The highest BCUT2D eigenvalue weighted by Gasteiger charge is 2.22. The van der Waals surface area contributed by atoms with Crippen LogP contribution in [0.1, 0.15) is 0 Å². The van der Waals surface area contributed by atoms with E-state index in [4.69, 9.17) is 10.5 Å². The molecule has 0 spiro atoms. The minimum absolute atomic E-state index is 0.124. The van der Waals surface area contributed by atoms with Gasteiger partial charge in [0.25, 0.3) is 0 Å². The first kappa shape index (κ1) is 12.4. The van der Waals surface area contributed by atoms with Crippen LogP contribution in [0, 0.1) is 10.1 Å². The number of ether oxygens (including phenoxy) is 1. The normalized spacial score (nSPS) is 10.6. The molecule has 2 N–H and O–H groups in total. The van der Waals surface area contributed by atoms with Crippen LogP contribution >= 0.6 is 11.3 Å². The molecule has 3 aromatic rings. The zero-order valence-electron chi connectivity index (χ0n) is 10.1. The second-order valence-corrected chi connectivity index (χ2v) is 4.93. The second-order valence-electron chi connectivity index (χ2n) is 4.04. The van der Waals surface area contributed by atoms with Crippen molar-refractivity contribution >= 4 is 32.9 Å². The van der Waals surface area contributed by atoms with Crippen molar-refractivity contribution in [1.82, 2.24) is 4.98 Å². The number of rotatable bonds is 3. The molecule has 7 heteroatoms. The zero-order valence-corrected chi connectivity index (χ0v) is 11.0. The number of nitro groups is 1. The van der Waals surface area contributed by atoms with Gasteiger partial charge in [-0.2, -0.15) is 0 Å². The molecule has 20 heavy (non-hydrogen) atoms. The topological polar surface area (TPSA) is 91.3 Å². The van der Waals surface area contributed by atoms with Crippen LogP contribution in [0.25, 0.3) is 10.2 Å². The summed E-state index contributed by atoms with van der Waals surface area (Å²) in [5, 5.41) is 11.2. The first-order valence-corrected chi connectivity index (χ1v) is 6.57. The molecule has 1 aromatic heterocycles. The van der Waals surface area contributed by atoms with Crippen LogP contribution in [0.5, 0.6) is 11.5 Å². The quantitative estimate of drug-likeness (QED) is 0.451. The van der Waals surface area contributed by atoms with Gasteiger partial charge in [0.15, 0.2) is 5.52 Å².